The first-order valence-corrected chi connectivity index (χ1v) is 8.38. The average Bonchev–Trinajstić information content (AvgIpc) is 3.10. The van der Waals surface area contributed by atoms with E-state index in [0.29, 0.717) is 12.1 Å². The number of benzene rings is 1. The number of rotatable bonds is 5. The van der Waals surface area contributed by atoms with Crippen LogP contribution in [0.3, 0.4) is 0 Å². The van der Waals surface area contributed by atoms with Crippen LogP contribution in [0, 0.1) is 11.8 Å². The molecule has 0 bridgehead atoms. The maximum Gasteiger partial charge on any atom is 0.392 e. The van der Waals surface area contributed by atoms with E-state index in [1.54, 1.807) is 0 Å². The van der Waals surface area contributed by atoms with Crippen LogP contribution in [0.1, 0.15) is 19.8 Å². The molecule has 1 fully saturated rings. The summed E-state index contributed by atoms with van der Waals surface area (Å²) in [5.74, 6) is -3.56. The summed E-state index contributed by atoms with van der Waals surface area (Å²) in [6.07, 6.45) is -4.87. The van der Waals surface area contributed by atoms with Gasteiger partial charge in [0, 0.05) is 12.1 Å². The molecule has 0 spiro atoms. The zero-order valence-electron chi connectivity index (χ0n) is 12.9. The smallest absolute Gasteiger partial charge is 0.326 e. The highest BCUT2D eigenvalue weighted by Crippen LogP contribution is 2.53. The summed E-state index contributed by atoms with van der Waals surface area (Å²) in [5.41, 5.74) is 0.405. The molecule has 1 aromatic carbocycles. The molecular formula is C15H14Cl3F3N2O2. The molecule has 1 aromatic rings. The largest absolute Gasteiger partial charge is 0.392 e. The van der Waals surface area contributed by atoms with Crippen LogP contribution in [0.5, 0.6) is 0 Å². The molecule has 138 valence electrons. The highest BCUT2D eigenvalue weighted by atomic mass is 35.5. The number of hydrogen-bond donors (Lipinski definition) is 2. The topological polar surface area (TPSA) is 58.2 Å². The van der Waals surface area contributed by atoms with Gasteiger partial charge in [0.2, 0.25) is 11.8 Å². The van der Waals surface area contributed by atoms with Crippen LogP contribution in [-0.4, -0.2) is 22.3 Å². The Bertz CT molecular complexity index is 695. The number of anilines is 2. The molecule has 1 aliphatic rings. The lowest BCUT2D eigenvalue weighted by atomic mass is 10.1. The lowest BCUT2D eigenvalue weighted by Crippen LogP contribution is -2.25. The Morgan fingerprint density at radius 1 is 1.32 bits per heavy atom. The molecule has 1 saturated carbocycles. The van der Waals surface area contributed by atoms with Crippen molar-refractivity contribution in [2.75, 3.05) is 10.6 Å². The van der Waals surface area contributed by atoms with Gasteiger partial charge in [-0.1, -0.05) is 18.5 Å². The van der Waals surface area contributed by atoms with E-state index >= 15 is 0 Å². The van der Waals surface area contributed by atoms with Gasteiger partial charge in [-0.25, -0.2) is 0 Å². The summed E-state index contributed by atoms with van der Waals surface area (Å²) < 4.78 is 36.4. The van der Waals surface area contributed by atoms with Gasteiger partial charge in [-0.05, 0) is 24.6 Å². The van der Waals surface area contributed by atoms with E-state index in [9.17, 15) is 22.8 Å². The monoisotopic (exact) mass is 416 g/mol. The summed E-state index contributed by atoms with van der Waals surface area (Å²) in [4.78, 5) is 23.7. The van der Waals surface area contributed by atoms with E-state index < -0.39 is 40.6 Å². The molecule has 10 heteroatoms. The summed E-state index contributed by atoms with van der Waals surface area (Å²) >= 11 is 17.6. The fraction of sp³-hybridized carbons (Fsp3) is 0.467. The van der Waals surface area contributed by atoms with Crippen LogP contribution < -0.4 is 10.6 Å². The molecule has 2 amide bonds. The first-order chi connectivity index (χ1) is 11.4. The summed E-state index contributed by atoms with van der Waals surface area (Å²) in [6.45, 7) is 0.915. The number of amides is 2. The fourth-order valence-corrected chi connectivity index (χ4v) is 2.69. The Kier molecular flexibility index (Phi) is 5.81. The molecule has 0 aromatic heterocycles. The van der Waals surface area contributed by atoms with Crippen LogP contribution in [0.4, 0.5) is 24.5 Å². The van der Waals surface area contributed by atoms with Crippen molar-refractivity contribution in [2.24, 2.45) is 11.8 Å². The number of carbonyl (C=O) groups is 2. The van der Waals surface area contributed by atoms with E-state index in [1.165, 1.54) is 18.2 Å². The highest BCUT2D eigenvalue weighted by molar-refractivity contribution is 6.52. The minimum Gasteiger partial charge on any atom is -0.326 e. The Hall–Kier alpha value is -1.18. The van der Waals surface area contributed by atoms with E-state index in [1.807, 2.05) is 0 Å². The van der Waals surface area contributed by atoms with Gasteiger partial charge in [-0.3, -0.25) is 9.59 Å². The third kappa shape index (κ3) is 5.39. The van der Waals surface area contributed by atoms with Gasteiger partial charge in [0.05, 0.1) is 22.5 Å². The molecule has 2 rings (SSSR count). The van der Waals surface area contributed by atoms with Crippen LogP contribution in [-0.2, 0) is 9.59 Å². The standard InChI is InChI=1S/C15H14Cl3F3N2O2/c1-7(15(19,20)21)4-12(24)23-11-5-8(2-3-10(11)16)22-13(25)9-6-14(9,17)18/h2-3,5,7,9H,4,6H2,1H3,(H,22,25)(H,23,24). The van der Waals surface area contributed by atoms with Crippen molar-refractivity contribution in [3.8, 4) is 0 Å². The lowest BCUT2D eigenvalue weighted by molar-refractivity contribution is -0.173. The number of carbonyl (C=O) groups excluding carboxylic acids is 2. The number of alkyl halides is 5. The Labute approximate surface area is 157 Å². The van der Waals surface area contributed by atoms with E-state index in [4.69, 9.17) is 34.8 Å². The third-order valence-electron chi connectivity index (χ3n) is 3.70. The van der Waals surface area contributed by atoms with Gasteiger partial charge < -0.3 is 10.6 Å². The fourth-order valence-electron chi connectivity index (χ4n) is 2.02. The number of halogens is 6. The zero-order chi connectivity index (χ0) is 19.0. The zero-order valence-corrected chi connectivity index (χ0v) is 15.2. The third-order valence-corrected chi connectivity index (χ3v) is 4.87. The van der Waals surface area contributed by atoms with E-state index in [2.05, 4.69) is 10.6 Å². The maximum atomic E-state index is 12.5. The van der Waals surface area contributed by atoms with Crippen molar-refractivity contribution >= 4 is 58.0 Å². The van der Waals surface area contributed by atoms with Crippen molar-refractivity contribution in [2.45, 2.75) is 30.3 Å². The molecule has 0 radical (unpaired) electrons. The maximum absolute atomic E-state index is 12.5. The molecule has 25 heavy (non-hydrogen) atoms. The van der Waals surface area contributed by atoms with Gasteiger partial charge in [0.15, 0.2) is 0 Å². The van der Waals surface area contributed by atoms with Crippen molar-refractivity contribution in [3.05, 3.63) is 23.2 Å². The molecular weight excluding hydrogens is 404 g/mol. The summed E-state index contributed by atoms with van der Waals surface area (Å²) in [5, 5.41) is 5.01. The van der Waals surface area contributed by atoms with Gasteiger partial charge in [-0.2, -0.15) is 13.2 Å². The second-order valence-electron chi connectivity index (χ2n) is 5.90. The van der Waals surface area contributed by atoms with Crippen LogP contribution in [0.25, 0.3) is 0 Å². The molecule has 0 saturated heterocycles. The van der Waals surface area contributed by atoms with Gasteiger partial charge in [-0.15, -0.1) is 23.2 Å². The van der Waals surface area contributed by atoms with Crippen molar-refractivity contribution < 1.29 is 22.8 Å². The van der Waals surface area contributed by atoms with Crippen molar-refractivity contribution in [1.82, 2.24) is 0 Å². The van der Waals surface area contributed by atoms with Gasteiger partial charge in [0.1, 0.15) is 4.33 Å². The summed E-state index contributed by atoms with van der Waals surface area (Å²) in [7, 11) is 0. The molecule has 2 N–H and O–H groups in total. The highest BCUT2D eigenvalue weighted by Gasteiger charge is 2.56. The average molecular weight is 418 g/mol. The predicted molar refractivity (Wildman–Crippen MR) is 91.1 cm³/mol. The second kappa shape index (κ2) is 7.21. The molecule has 2 unspecified atom stereocenters. The second-order valence-corrected chi connectivity index (χ2v) is 7.85. The number of nitrogens with one attached hydrogen (secondary N) is 2. The van der Waals surface area contributed by atoms with E-state index in [-0.39, 0.29) is 10.7 Å². The van der Waals surface area contributed by atoms with Crippen LogP contribution in [0.15, 0.2) is 18.2 Å². The SMILES string of the molecule is CC(CC(=O)Nc1cc(NC(=O)C2CC2(Cl)Cl)ccc1Cl)C(F)(F)F. The Morgan fingerprint density at radius 2 is 1.92 bits per heavy atom. The first-order valence-electron chi connectivity index (χ1n) is 7.25. The minimum atomic E-state index is -4.46. The minimum absolute atomic E-state index is 0.0950. The Balaban J connectivity index is 2.01. The quantitative estimate of drug-likeness (QED) is 0.663. The van der Waals surface area contributed by atoms with Gasteiger partial charge in [0.25, 0.3) is 0 Å². The lowest BCUT2D eigenvalue weighted by Gasteiger charge is -2.16. The molecule has 0 aliphatic heterocycles. The van der Waals surface area contributed by atoms with Crippen LogP contribution >= 0.6 is 34.8 Å². The van der Waals surface area contributed by atoms with E-state index in [0.717, 1.165) is 6.92 Å². The number of hydrogen-bond acceptors (Lipinski definition) is 2. The normalized spacial score (nSPS) is 19.9. The molecule has 1 aliphatic carbocycles. The predicted octanol–water partition coefficient (Wildman–Crippen LogP) is 5.00. The summed E-state index contributed by atoms with van der Waals surface area (Å²) in [6, 6.07) is 4.24. The molecule has 0 heterocycles. The van der Waals surface area contributed by atoms with Crippen molar-refractivity contribution in [3.63, 3.8) is 0 Å². The molecule has 2 atom stereocenters. The van der Waals surface area contributed by atoms with Crippen molar-refractivity contribution in [1.29, 1.82) is 0 Å². The molecule has 4 nitrogen and oxygen atoms in total. The van der Waals surface area contributed by atoms with Gasteiger partial charge >= 0.3 is 6.18 Å². The Morgan fingerprint density at radius 3 is 2.44 bits per heavy atom. The first kappa shape index (κ1) is 20.1. The van der Waals surface area contributed by atoms with Crippen LogP contribution in [0.2, 0.25) is 5.02 Å².